The summed E-state index contributed by atoms with van der Waals surface area (Å²) < 4.78 is 2.04. The second kappa shape index (κ2) is 3.94. The Balaban J connectivity index is 2.84. The van der Waals surface area contributed by atoms with Crippen molar-refractivity contribution in [3.63, 3.8) is 0 Å². The lowest BCUT2D eigenvalue weighted by Gasteiger charge is -2.07. The van der Waals surface area contributed by atoms with Crippen LogP contribution in [0.3, 0.4) is 0 Å². The summed E-state index contributed by atoms with van der Waals surface area (Å²) in [5, 5.41) is 0.744. The highest BCUT2D eigenvalue weighted by Gasteiger charge is 2.07. The minimum Gasteiger partial charge on any atom is -0.319 e. The topological polar surface area (TPSA) is 17.8 Å². The van der Waals surface area contributed by atoms with Crippen LogP contribution in [0.2, 0.25) is 5.15 Å². The first-order valence-corrected chi connectivity index (χ1v) is 4.72. The average molecular weight is 187 g/mol. The summed E-state index contributed by atoms with van der Waals surface area (Å²) in [5.74, 6) is 1.73. The van der Waals surface area contributed by atoms with Crippen molar-refractivity contribution in [3.8, 4) is 0 Å². The molecule has 0 spiro atoms. The van der Waals surface area contributed by atoms with E-state index in [0.29, 0.717) is 5.92 Å². The summed E-state index contributed by atoms with van der Waals surface area (Å²) in [6, 6.07) is 0. The van der Waals surface area contributed by atoms with Gasteiger partial charge in [-0.05, 0) is 12.8 Å². The Kier molecular flexibility index (Phi) is 3.15. The fraction of sp³-hybridized carbons (Fsp3) is 0.667. The molecule has 0 aliphatic rings. The van der Waals surface area contributed by atoms with Crippen LogP contribution >= 0.6 is 11.6 Å². The fourth-order valence-electron chi connectivity index (χ4n) is 1.25. The van der Waals surface area contributed by atoms with Crippen LogP contribution in [0.25, 0.3) is 0 Å². The van der Waals surface area contributed by atoms with Gasteiger partial charge in [0.15, 0.2) is 0 Å². The Hall–Kier alpha value is -0.500. The molecule has 0 N–H and O–H groups in total. The SMILES string of the molecule is CCn1c(Cl)cnc1CC(C)C. The largest absolute Gasteiger partial charge is 0.319 e. The van der Waals surface area contributed by atoms with E-state index in [0.717, 1.165) is 23.9 Å². The number of imidazole rings is 1. The highest BCUT2D eigenvalue weighted by Crippen LogP contribution is 2.14. The molecule has 0 radical (unpaired) electrons. The molecule has 0 unspecified atom stereocenters. The Labute approximate surface area is 78.6 Å². The van der Waals surface area contributed by atoms with Gasteiger partial charge in [-0.2, -0.15) is 0 Å². The number of aromatic nitrogens is 2. The van der Waals surface area contributed by atoms with Gasteiger partial charge in [0.2, 0.25) is 0 Å². The Morgan fingerprint density at radius 2 is 2.25 bits per heavy atom. The van der Waals surface area contributed by atoms with E-state index in [1.54, 1.807) is 6.20 Å². The van der Waals surface area contributed by atoms with Crippen molar-refractivity contribution in [2.75, 3.05) is 0 Å². The van der Waals surface area contributed by atoms with E-state index >= 15 is 0 Å². The predicted octanol–water partition coefficient (Wildman–Crippen LogP) is 2.75. The zero-order chi connectivity index (χ0) is 9.14. The zero-order valence-electron chi connectivity index (χ0n) is 7.84. The fourth-order valence-corrected chi connectivity index (χ4v) is 1.52. The van der Waals surface area contributed by atoms with Gasteiger partial charge < -0.3 is 4.57 Å². The quantitative estimate of drug-likeness (QED) is 0.710. The van der Waals surface area contributed by atoms with E-state index in [4.69, 9.17) is 11.6 Å². The highest BCUT2D eigenvalue weighted by atomic mass is 35.5. The van der Waals surface area contributed by atoms with Crippen molar-refractivity contribution in [1.29, 1.82) is 0 Å². The predicted molar refractivity (Wildman–Crippen MR) is 51.5 cm³/mol. The van der Waals surface area contributed by atoms with Crippen molar-refractivity contribution in [1.82, 2.24) is 9.55 Å². The molecule has 0 saturated heterocycles. The Morgan fingerprint density at radius 1 is 1.58 bits per heavy atom. The number of nitrogens with zero attached hydrogens (tertiary/aromatic N) is 2. The second-order valence-corrected chi connectivity index (χ2v) is 3.73. The van der Waals surface area contributed by atoms with E-state index in [1.807, 2.05) is 4.57 Å². The molecule has 0 bridgehead atoms. The molecule has 68 valence electrons. The van der Waals surface area contributed by atoms with Crippen molar-refractivity contribution < 1.29 is 0 Å². The van der Waals surface area contributed by atoms with Crippen LogP contribution in [0, 0.1) is 5.92 Å². The van der Waals surface area contributed by atoms with Crippen LogP contribution < -0.4 is 0 Å². The summed E-state index contributed by atoms with van der Waals surface area (Å²) in [5.41, 5.74) is 0. The molecule has 0 saturated carbocycles. The number of hydrogen-bond acceptors (Lipinski definition) is 1. The summed E-state index contributed by atoms with van der Waals surface area (Å²) in [6.07, 6.45) is 2.73. The van der Waals surface area contributed by atoms with Crippen LogP contribution in [0.15, 0.2) is 6.20 Å². The smallest absolute Gasteiger partial charge is 0.128 e. The van der Waals surface area contributed by atoms with Gasteiger partial charge in [-0.25, -0.2) is 4.98 Å². The van der Waals surface area contributed by atoms with Gasteiger partial charge in [-0.1, -0.05) is 25.4 Å². The van der Waals surface area contributed by atoms with Gasteiger partial charge in [-0.3, -0.25) is 0 Å². The molecule has 1 aromatic rings. The molecular formula is C9H15ClN2. The van der Waals surface area contributed by atoms with Gasteiger partial charge in [0.05, 0.1) is 6.20 Å². The molecule has 0 amide bonds. The van der Waals surface area contributed by atoms with Crippen molar-refractivity contribution >= 4 is 11.6 Å². The van der Waals surface area contributed by atoms with Gasteiger partial charge in [-0.15, -0.1) is 0 Å². The Morgan fingerprint density at radius 3 is 2.75 bits per heavy atom. The van der Waals surface area contributed by atoms with Crippen molar-refractivity contribution in [2.24, 2.45) is 5.92 Å². The first-order valence-electron chi connectivity index (χ1n) is 4.35. The van der Waals surface area contributed by atoms with Crippen LogP contribution in [-0.4, -0.2) is 9.55 Å². The van der Waals surface area contributed by atoms with E-state index in [9.17, 15) is 0 Å². The van der Waals surface area contributed by atoms with Crippen LogP contribution in [0.1, 0.15) is 26.6 Å². The lowest BCUT2D eigenvalue weighted by Crippen LogP contribution is -2.05. The summed E-state index contributed by atoms with van der Waals surface area (Å²) in [7, 11) is 0. The minimum absolute atomic E-state index is 0.633. The standard InChI is InChI=1S/C9H15ClN2/c1-4-12-8(10)6-11-9(12)5-7(2)3/h6-7H,4-5H2,1-3H3. The van der Waals surface area contributed by atoms with Gasteiger partial charge >= 0.3 is 0 Å². The van der Waals surface area contributed by atoms with E-state index in [-0.39, 0.29) is 0 Å². The van der Waals surface area contributed by atoms with Crippen molar-refractivity contribution in [3.05, 3.63) is 17.2 Å². The highest BCUT2D eigenvalue weighted by molar-refractivity contribution is 6.29. The third-order valence-electron chi connectivity index (χ3n) is 1.80. The van der Waals surface area contributed by atoms with Gasteiger partial charge in [0, 0.05) is 13.0 Å². The second-order valence-electron chi connectivity index (χ2n) is 3.34. The third-order valence-corrected chi connectivity index (χ3v) is 2.10. The Bertz CT molecular complexity index is 253. The molecule has 1 aromatic heterocycles. The lowest BCUT2D eigenvalue weighted by atomic mass is 10.1. The normalized spacial score (nSPS) is 11.1. The lowest BCUT2D eigenvalue weighted by molar-refractivity contribution is 0.584. The summed E-state index contributed by atoms with van der Waals surface area (Å²) >= 11 is 5.93. The van der Waals surface area contributed by atoms with Crippen molar-refractivity contribution in [2.45, 2.75) is 33.7 Å². The summed E-state index contributed by atoms with van der Waals surface area (Å²) in [6.45, 7) is 7.35. The molecule has 0 fully saturated rings. The minimum atomic E-state index is 0.633. The molecule has 0 aromatic carbocycles. The zero-order valence-corrected chi connectivity index (χ0v) is 8.60. The van der Waals surface area contributed by atoms with Crippen LogP contribution in [0.4, 0.5) is 0 Å². The third kappa shape index (κ3) is 2.01. The summed E-state index contributed by atoms with van der Waals surface area (Å²) in [4.78, 5) is 4.26. The number of rotatable bonds is 3. The monoisotopic (exact) mass is 186 g/mol. The molecule has 3 heteroatoms. The maximum Gasteiger partial charge on any atom is 0.128 e. The van der Waals surface area contributed by atoms with Gasteiger partial charge in [0.25, 0.3) is 0 Å². The molecule has 0 aliphatic heterocycles. The molecule has 0 atom stereocenters. The van der Waals surface area contributed by atoms with E-state index in [1.165, 1.54) is 0 Å². The van der Waals surface area contributed by atoms with E-state index < -0.39 is 0 Å². The maximum atomic E-state index is 5.93. The molecule has 12 heavy (non-hydrogen) atoms. The van der Waals surface area contributed by atoms with Crippen LogP contribution in [0.5, 0.6) is 0 Å². The number of hydrogen-bond donors (Lipinski definition) is 0. The molecule has 1 heterocycles. The molecule has 2 nitrogen and oxygen atoms in total. The number of halogens is 1. The molecule has 1 rings (SSSR count). The van der Waals surface area contributed by atoms with Gasteiger partial charge in [0.1, 0.15) is 11.0 Å². The van der Waals surface area contributed by atoms with E-state index in [2.05, 4.69) is 25.8 Å². The molecular weight excluding hydrogens is 172 g/mol. The maximum absolute atomic E-state index is 5.93. The average Bonchev–Trinajstić information content (AvgIpc) is 2.30. The molecule has 0 aliphatic carbocycles. The first-order chi connectivity index (χ1) is 5.65. The van der Waals surface area contributed by atoms with Crippen LogP contribution in [-0.2, 0) is 13.0 Å². The first kappa shape index (κ1) is 9.59.